The molecule has 1 aromatic carbocycles. The lowest BCUT2D eigenvalue weighted by atomic mass is 10.2. The van der Waals surface area contributed by atoms with Crippen LogP contribution in [0.2, 0.25) is 5.02 Å². The van der Waals surface area contributed by atoms with Crippen LogP contribution in [0.5, 0.6) is 0 Å². The molecule has 21 heavy (non-hydrogen) atoms. The number of halogens is 1. The van der Waals surface area contributed by atoms with Crippen LogP contribution >= 0.6 is 11.6 Å². The van der Waals surface area contributed by atoms with Crippen molar-refractivity contribution >= 4 is 29.1 Å². The second-order valence-electron chi connectivity index (χ2n) is 4.54. The zero-order valence-corrected chi connectivity index (χ0v) is 12.3. The van der Waals surface area contributed by atoms with E-state index in [4.69, 9.17) is 17.3 Å². The second kappa shape index (κ2) is 5.92. The van der Waals surface area contributed by atoms with Crippen LogP contribution in [-0.2, 0) is 6.54 Å². The molecule has 0 amide bonds. The lowest BCUT2D eigenvalue weighted by Gasteiger charge is -2.19. The Kier molecular flexibility index (Phi) is 4.23. The van der Waals surface area contributed by atoms with E-state index in [-0.39, 0.29) is 23.1 Å². The van der Waals surface area contributed by atoms with E-state index in [9.17, 15) is 10.1 Å². The van der Waals surface area contributed by atoms with E-state index < -0.39 is 4.92 Å². The highest BCUT2D eigenvalue weighted by Crippen LogP contribution is 2.30. The summed E-state index contributed by atoms with van der Waals surface area (Å²) in [5, 5.41) is 11.8. The first kappa shape index (κ1) is 15.0. The average Bonchev–Trinajstić information content (AvgIpc) is 2.39. The van der Waals surface area contributed by atoms with Gasteiger partial charge in [0.05, 0.1) is 4.92 Å². The molecule has 0 fully saturated rings. The van der Waals surface area contributed by atoms with Crippen molar-refractivity contribution in [3.63, 3.8) is 0 Å². The topological polar surface area (TPSA) is 98.2 Å². The van der Waals surface area contributed by atoms with Crippen molar-refractivity contribution in [2.75, 3.05) is 17.7 Å². The predicted molar refractivity (Wildman–Crippen MR) is 81.4 cm³/mol. The number of rotatable bonds is 4. The molecule has 7 nitrogen and oxygen atoms in total. The quantitative estimate of drug-likeness (QED) is 0.688. The van der Waals surface area contributed by atoms with Crippen LogP contribution in [0, 0.1) is 17.0 Å². The lowest BCUT2D eigenvalue weighted by molar-refractivity contribution is -0.385. The molecule has 0 spiro atoms. The Morgan fingerprint density at radius 3 is 2.67 bits per heavy atom. The highest BCUT2D eigenvalue weighted by Gasteiger charge is 2.24. The standard InChI is InChI=1S/C13H14ClN5O2/c1-8-11(19(20)21)12(17-13(15)16-8)18(2)7-9-5-3-4-6-10(9)14/h3-6H,7H2,1-2H3,(H2,15,16,17). The van der Waals surface area contributed by atoms with Gasteiger partial charge in [-0.3, -0.25) is 10.1 Å². The predicted octanol–water partition coefficient (Wildman–Crippen LogP) is 2.57. The summed E-state index contributed by atoms with van der Waals surface area (Å²) in [7, 11) is 1.69. The zero-order valence-electron chi connectivity index (χ0n) is 11.6. The first-order valence-electron chi connectivity index (χ1n) is 6.13. The molecule has 0 atom stereocenters. The molecule has 0 radical (unpaired) electrons. The molecule has 2 N–H and O–H groups in total. The van der Waals surface area contributed by atoms with Crippen molar-refractivity contribution in [1.29, 1.82) is 0 Å². The molecular weight excluding hydrogens is 294 g/mol. The number of nitro groups is 1. The van der Waals surface area contributed by atoms with E-state index >= 15 is 0 Å². The summed E-state index contributed by atoms with van der Waals surface area (Å²) >= 11 is 6.10. The molecule has 0 aliphatic rings. The third kappa shape index (κ3) is 3.19. The fraction of sp³-hybridized carbons (Fsp3) is 0.231. The fourth-order valence-corrected chi connectivity index (χ4v) is 2.21. The number of aryl methyl sites for hydroxylation is 1. The van der Waals surface area contributed by atoms with Gasteiger partial charge in [0, 0.05) is 18.6 Å². The molecule has 0 bridgehead atoms. The monoisotopic (exact) mass is 307 g/mol. The van der Waals surface area contributed by atoms with Gasteiger partial charge in [-0.15, -0.1) is 0 Å². The van der Waals surface area contributed by atoms with Crippen molar-refractivity contribution in [3.05, 3.63) is 50.7 Å². The van der Waals surface area contributed by atoms with Crippen molar-refractivity contribution < 1.29 is 4.92 Å². The fourth-order valence-electron chi connectivity index (χ4n) is 2.01. The van der Waals surface area contributed by atoms with E-state index in [1.807, 2.05) is 18.2 Å². The van der Waals surface area contributed by atoms with Crippen LogP contribution in [0.15, 0.2) is 24.3 Å². The second-order valence-corrected chi connectivity index (χ2v) is 4.95. The molecule has 1 heterocycles. The maximum absolute atomic E-state index is 11.2. The molecule has 0 saturated heterocycles. The first-order chi connectivity index (χ1) is 9.90. The van der Waals surface area contributed by atoms with Gasteiger partial charge in [-0.05, 0) is 18.6 Å². The van der Waals surface area contributed by atoms with Crippen molar-refractivity contribution in [2.24, 2.45) is 0 Å². The van der Waals surface area contributed by atoms with Crippen LogP contribution < -0.4 is 10.6 Å². The van der Waals surface area contributed by atoms with E-state index in [0.717, 1.165) is 5.56 Å². The van der Waals surface area contributed by atoms with Gasteiger partial charge >= 0.3 is 5.69 Å². The minimum atomic E-state index is -0.507. The van der Waals surface area contributed by atoms with Crippen molar-refractivity contribution in [1.82, 2.24) is 9.97 Å². The summed E-state index contributed by atoms with van der Waals surface area (Å²) in [6.07, 6.45) is 0. The molecule has 8 heteroatoms. The van der Waals surface area contributed by atoms with Crippen LogP contribution in [0.1, 0.15) is 11.3 Å². The number of aromatic nitrogens is 2. The number of nitrogens with two attached hydrogens (primary N) is 1. The van der Waals surface area contributed by atoms with Crippen LogP contribution in [0.3, 0.4) is 0 Å². The average molecular weight is 308 g/mol. The Bertz CT molecular complexity index is 692. The molecular formula is C13H14ClN5O2. The van der Waals surface area contributed by atoms with Gasteiger partial charge < -0.3 is 10.6 Å². The number of nitrogen functional groups attached to an aromatic ring is 1. The maximum Gasteiger partial charge on any atom is 0.332 e. The number of anilines is 2. The minimum absolute atomic E-state index is 0.000825. The van der Waals surface area contributed by atoms with Gasteiger partial charge in [0.1, 0.15) is 5.69 Å². The maximum atomic E-state index is 11.2. The SMILES string of the molecule is Cc1nc(N)nc(N(C)Cc2ccccc2Cl)c1[N+](=O)[O-]. The van der Waals surface area contributed by atoms with E-state index in [1.54, 1.807) is 18.0 Å². The molecule has 2 rings (SSSR count). The normalized spacial score (nSPS) is 10.4. The zero-order chi connectivity index (χ0) is 15.6. The molecule has 2 aromatic rings. The summed E-state index contributed by atoms with van der Waals surface area (Å²) in [6, 6.07) is 7.28. The van der Waals surface area contributed by atoms with Gasteiger partial charge in [-0.1, -0.05) is 29.8 Å². The van der Waals surface area contributed by atoms with Crippen molar-refractivity contribution in [2.45, 2.75) is 13.5 Å². The largest absolute Gasteiger partial charge is 0.368 e. The summed E-state index contributed by atoms with van der Waals surface area (Å²) in [5.41, 5.74) is 6.51. The summed E-state index contributed by atoms with van der Waals surface area (Å²) in [4.78, 5) is 20.2. The number of hydrogen-bond acceptors (Lipinski definition) is 6. The summed E-state index contributed by atoms with van der Waals surface area (Å²) in [5.74, 6) is 0.170. The van der Waals surface area contributed by atoms with Gasteiger partial charge in [0.25, 0.3) is 0 Å². The highest BCUT2D eigenvalue weighted by molar-refractivity contribution is 6.31. The smallest absolute Gasteiger partial charge is 0.332 e. The molecule has 110 valence electrons. The van der Waals surface area contributed by atoms with Crippen molar-refractivity contribution in [3.8, 4) is 0 Å². The summed E-state index contributed by atoms with van der Waals surface area (Å²) < 4.78 is 0. The van der Waals surface area contributed by atoms with Gasteiger partial charge in [-0.2, -0.15) is 4.98 Å². The third-order valence-electron chi connectivity index (χ3n) is 2.97. The molecule has 0 aliphatic carbocycles. The minimum Gasteiger partial charge on any atom is -0.368 e. The number of nitrogens with zero attached hydrogens (tertiary/aromatic N) is 4. The van der Waals surface area contributed by atoms with Crippen LogP contribution in [0.4, 0.5) is 17.5 Å². The molecule has 1 aromatic heterocycles. The highest BCUT2D eigenvalue weighted by atomic mass is 35.5. The number of benzene rings is 1. The van der Waals surface area contributed by atoms with Crippen LogP contribution in [-0.4, -0.2) is 21.9 Å². The lowest BCUT2D eigenvalue weighted by Crippen LogP contribution is -2.21. The Hall–Kier alpha value is -2.41. The van der Waals surface area contributed by atoms with E-state index in [2.05, 4.69) is 9.97 Å². The summed E-state index contributed by atoms with van der Waals surface area (Å²) in [6.45, 7) is 1.90. The molecule has 0 unspecified atom stereocenters. The third-order valence-corrected chi connectivity index (χ3v) is 3.34. The van der Waals surface area contributed by atoms with E-state index in [1.165, 1.54) is 6.92 Å². The Morgan fingerprint density at radius 2 is 2.05 bits per heavy atom. The van der Waals surface area contributed by atoms with Gasteiger partial charge in [-0.25, -0.2) is 4.98 Å². The van der Waals surface area contributed by atoms with Crippen LogP contribution in [0.25, 0.3) is 0 Å². The Labute approximate surface area is 126 Å². The van der Waals surface area contributed by atoms with E-state index in [0.29, 0.717) is 11.6 Å². The van der Waals surface area contributed by atoms with Gasteiger partial charge in [0.15, 0.2) is 0 Å². The Balaban J connectivity index is 2.41. The number of hydrogen-bond donors (Lipinski definition) is 1. The first-order valence-corrected chi connectivity index (χ1v) is 6.51. The Morgan fingerprint density at radius 1 is 1.38 bits per heavy atom. The molecule has 0 aliphatic heterocycles. The van der Waals surface area contributed by atoms with Gasteiger partial charge in [0.2, 0.25) is 11.8 Å². The molecule has 0 saturated carbocycles.